The van der Waals surface area contributed by atoms with Gasteiger partial charge in [-0.05, 0) is 25.8 Å². The van der Waals surface area contributed by atoms with E-state index in [-0.39, 0.29) is 12.7 Å². The van der Waals surface area contributed by atoms with Crippen molar-refractivity contribution in [2.24, 2.45) is 0 Å². The Hall–Kier alpha value is -1.46. The number of halogens is 1. The van der Waals surface area contributed by atoms with E-state index in [4.69, 9.17) is 21.1 Å². The van der Waals surface area contributed by atoms with E-state index in [9.17, 15) is 4.79 Å². The van der Waals surface area contributed by atoms with Crippen molar-refractivity contribution < 1.29 is 14.3 Å². The lowest BCUT2D eigenvalue weighted by atomic mass is 9.93. The monoisotopic (exact) mass is 296 g/mol. The van der Waals surface area contributed by atoms with E-state index in [1.54, 1.807) is 12.1 Å². The van der Waals surface area contributed by atoms with Gasteiger partial charge in [-0.3, -0.25) is 4.79 Å². The van der Waals surface area contributed by atoms with Gasteiger partial charge in [0.25, 0.3) is 0 Å². The molecule has 0 bridgehead atoms. The molecule has 0 aromatic heterocycles. The minimum absolute atomic E-state index is 0.0433. The Balaban J connectivity index is 1.82. The van der Waals surface area contributed by atoms with Crippen LogP contribution in [0.5, 0.6) is 11.5 Å². The standard InChI is InChI=1S/C14H17ClN2O3/c1-2-14(4-3-5-16-14)13(18)17-10-7-12-11(6-9(10)15)19-8-20-12/h6-7,16H,2-5,8H2,1H3,(H,17,18). The lowest BCUT2D eigenvalue weighted by Crippen LogP contribution is -2.50. The molecule has 0 spiro atoms. The second kappa shape index (κ2) is 5.14. The van der Waals surface area contributed by atoms with Gasteiger partial charge in [-0.2, -0.15) is 0 Å². The molecule has 0 saturated carbocycles. The summed E-state index contributed by atoms with van der Waals surface area (Å²) in [4.78, 5) is 12.5. The predicted molar refractivity (Wildman–Crippen MR) is 76.5 cm³/mol. The van der Waals surface area contributed by atoms with Crippen molar-refractivity contribution in [3.63, 3.8) is 0 Å². The maximum Gasteiger partial charge on any atom is 0.244 e. The molecule has 1 unspecified atom stereocenters. The number of fused-ring (bicyclic) bond motifs is 1. The molecule has 1 fully saturated rings. The highest BCUT2D eigenvalue weighted by molar-refractivity contribution is 6.34. The zero-order valence-corrected chi connectivity index (χ0v) is 12.0. The number of anilines is 1. The van der Waals surface area contributed by atoms with Crippen LogP contribution < -0.4 is 20.1 Å². The van der Waals surface area contributed by atoms with Gasteiger partial charge in [-0.1, -0.05) is 18.5 Å². The van der Waals surface area contributed by atoms with Crippen LogP contribution in [0.3, 0.4) is 0 Å². The first-order valence-corrected chi connectivity index (χ1v) is 7.18. The van der Waals surface area contributed by atoms with Crippen molar-refractivity contribution in [3.8, 4) is 11.5 Å². The predicted octanol–water partition coefficient (Wildman–Crippen LogP) is 2.54. The van der Waals surface area contributed by atoms with Crippen LogP contribution in [0.2, 0.25) is 5.02 Å². The summed E-state index contributed by atoms with van der Waals surface area (Å²) in [5, 5.41) is 6.66. The highest BCUT2D eigenvalue weighted by atomic mass is 35.5. The van der Waals surface area contributed by atoms with Crippen LogP contribution in [-0.4, -0.2) is 24.8 Å². The van der Waals surface area contributed by atoms with E-state index in [1.807, 2.05) is 6.92 Å². The van der Waals surface area contributed by atoms with Crippen LogP contribution in [0.15, 0.2) is 12.1 Å². The number of carbonyl (C=O) groups is 1. The first-order chi connectivity index (χ1) is 9.64. The largest absolute Gasteiger partial charge is 0.454 e. The summed E-state index contributed by atoms with van der Waals surface area (Å²) in [5.41, 5.74) is 0.0714. The van der Waals surface area contributed by atoms with Crippen LogP contribution in [0, 0.1) is 0 Å². The van der Waals surface area contributed by atoms with E-state index in [1.165, 1.54) is 0 Å². The van der Waals surface area contributed by atoms with Gasteiger partial charge in [-0.15, -0.1) is 0 Å². The van der Waals surface area contributed by atoms with Gasteiger partial charge in [-0.25, -0.2) is 0 Å². The number of nitrogens with one attached hydrogen (secondary N) is 2. The number of hydrogen-bond donors (Lipinski definition) is 2. The third-order valence-electron chi connectivity index (χ3n) is 3.99. The molecular formula is C14H17ClN2O3. The van der Waals surface area contributed by atoms with Crippen LogP contribution >= 0.6 is 11.6 Å². The fraction of sp³-hybridized carbons (Fsp3) is 0.500. The first-order valence-electron chi connectivity index (χ1n) is 6.80. The molecule has 3 rings (SSSR count). The molecule has 1 amide bonds. The van der Waals surface area contributed by atoms with Crippen molar-refractivity contribution in [2.75, 3.05) is 18.7 Å². The highest BCUT2D eigenvalue weighted by Gasteiger charge is 2.39. The molecule has 0 aliphatic carbocycles. The van der Waals surface area contributed by atoms with Crippen LogP contribution in [0.1, 0.15) is 26.2 Å². The van der Waals surface area contributed by atoms with Gasteiger partial charge in [0.1, 0.15) is 0 Å². The summed E-state index contributed by atoms with van der Waals surface area (Å²) in [7, 11) is 0. The lowest BCUT2D eigenvalue weighted by molar-refractivity contribution is -0.122. The van der Waals surface area contributed by atoms with Crippen molar-refractivity contribution in [2.45, 2.75) is 31.7 Å². The second-order valence-electron chi connectivity index (χ2n) is 5.11. The number of amides is 1. The molecule has 5 nitrogen and oxygen atoms in total. The fourth-order valence-corrected chi connectivity index (χ4v) is 2.92. The van der Waals surface area contributed by atoms with E-state index in [0.29, 0.717) is 22.2 Å². The van der Waals surface area contributed by atoms with Crippen LogP contribution in [-0.2, 0) is 4.79 Å². The summed E-state index contributed by atoms with van der Waals surface area (Å²) >= 11 is 6.18. The first kappa shape index (κ1) is 13.5. The van der Waals surface area contributed by atoms with Crippen molar-refractivity contribution >= 4 is 23.2 Å². The molecule has 1 atom stereocenters. The Morgan fingerprint density at radius 2 is 2.20 bits per heavy atom. The summed E-state index contributed by atoms with van der Waals surface area (Å²) < 4.78 is 10.6. The zero-order valence-electron chi connectivity index (χ0n) is 11.3. The van der Waals surface area contributed by atoms with Gasteiger partial charge >= 0.3 is 0 Å². The molecular weight excluding hydrogens is 280 g/mol. The fourth-order valence-electron chi connectivity index (χ4n) is 2.72. The maximum absolute atomic E-state index is 12.5. The SMILES string of the molecule is CCC1(C(=O)Nc2cc3c(cc2Cl)OCO3)CCCN1. The number of benzene rings is 1. The van der Waals surface area contributed by atoms with E-state index in [2.05, 4.69) is 10.6 Å². The number of hydrogen-bond acceptors (Lipinski definition) is 4. The topological polar surface area (TPSA) is 59.6 Å². The van der Waals surface area contributed by atoms with Gasteiger partial charge in [0, 0.05) is 12.1 Å². The molecule has 20 heavy (non-hydrogen) atoms. The minimum Gasteiger partial charge on any atom is -0.454 e. The number of carbonyl (C=O) groups excluding carboxylic acids is 1. The van der Waals surface area contributed by atoms with Crippen molar-refractivity contribution in [1.29, 1.82) is 0 Å². The molecule has 1 aromatic rings. The van der Waals surface area contributed by atoms with Gasteiger partial charge in [0.15, 0.2) is 11.5 Å². The Kier molecular flexibility index (Phi) is 3.48. The average molecular weight is 297 g/mol. The lowest BCUT2D eigenvalue weighted by Gasteiger charge is -2.26. The summed E-state index contributed by atoms with van der Waals surface area (Å²) in [6.07, 6.45) is 2.61. The quantitative estimate of drug-likeness (QED) is 0.900. The Morgan fingerprint density at radius 3 is 2.85 bits per heavy atom. The number of ether oxygens (including phenoxy) is 2. The third kappa shape index (κ3) is 2.21. The van der Waals surface area contributed by atoms with Gasteiger partial charge < -0.3 is 20.1 Å². The zero-order chi connectivity index (χ0) is 14.2. The highest BCUT2D eigenvalue weighted by Crippen LogP contribution is 2.39. The Bertz CT molecular complexity index is 541. The summed E-state index contributed by atoms with van der Waals surface area (Å²) in [6.45, 7) is 3.07. The minimum atomic E-state index is -0.486. The second-order valence-corrected chi connectivity index (χ2v) is 5.51. The molecule has 108 valence electrons. The number of rotatable bonds is 3. The molecule has 2 heterocycles. The van der Waals surface area contributed by atoms with Gasteiger partial charge in [0.2, 0.25) is 12.7 Å². The van der Waals surface area contributed by atoms with E-state index < -0.39 is 5.54 Å². The Labute approximate surface area is 122 Å². The molecule has 1 aromatic carbocycles. The smallest absolute Gasteiger partial charge is 0.244 e. The summed E-state index contributed by atoms with van der Waals surface area (Å²) in [6, 6.07) is 3.38. The van der Waals surface area contributed by atoms with Crippen LogP contribution in [0.4, 0.5) is 5.69 Å². The van der Waals surface area contributed by atoms with E-state index in [0.717, 1.165) is 25.8 Å². The third-order valence-corrected chi connectivity index (χ3v) is 4.31. The van der Waals surface area contributed by atoms with Crippen molar-refractivity contribution in [1.82, 2.24) is 5.32 Å². The van der Waals surface area contributed by atoms with Gasteiger partial charge in [0.05, 0.1) is 16.2 Å². The maximum atomic E-state index is 12.5. The molecule has 0 radical (unpaired) electrons. The molecule has 1 saturated heterocycles. The van der Waals surface area contributed by atoms with E-state index >= 15 is 0 Å². The summed E-state index contributed by atoms with van der Waals surface area (Å²) in [5.74, 6) is 1.17. The molecule has 2 N–H and O–H groups in total. The normalized spacial score (nSPS) is 23.9. The average Bonchev–Trinajstić information content (AvgIpc) is 3.07. The molecule has 6 heteroatoms. The molecule has 2 aliphatic rings. The Morgan fingerprint density at radius 1 is 1.45 bits per heavy atom. The van der Waals surface area contributed by atoms with Crippen LogP contribution in [0.25, 0.3) is 0 Å². The molecule has 2 aliphatic heterocycles. The van der Waals surface area contributed by atoms with Crippen molar-refractivity contribution in [3.05, 3.63) is 17.2 Å².